The van der Waals surface area contributed by atoms with E-state index in [2.05, 4.69) is 5.32 Å². The molecule has 3 heteroatoms. The molecule has 0 saturated heterocycles. The van der Waals surface area contributed by atoms with Gasteiger partial charge in [-0.25, -0.2) is 0 Å². The molecule has 0 amide bonds. The molecule has 1 fully saturated rings. The van der Waals surface area contributed by atoms with Gasteiger partial charge in [0.1, 0.15) is 11.9 Å². The topological polar surface area (TPSA) is 21.3 Å². The van der Waals surface area contributed by atoms with Gasteiger partial charge in [0.15, 0.2) is 0 Å². The van der Waals surface area contributed by atoms with Crippen LogP contribution >= 0.6 is 11.6 Å². The van der Waals surface area contributed by atoms with Gasteiger partial charge in [0, 0.05) is 11.1 Å². The molecule has 0 heterocycles. The summed E-state index contributed by atoms with van der Waals surface area (Å²) >= 11 is 5.78. The first-order valence-electron chi connectivity index (χ1n) is 4.87. The van der Waals surface area contributed by atoms with Gasteiger partial charge in [0.2, 0.25) is 0 Å². The van der Waals surface area contributed by atoms with Gasteiger partial charge in [-0.3, -0.25) is 0 Å². The minimum atomic E-state index is 0.369. The normalized spacial score (nSPS) is 25.6. The molecule has 1 saturated carbocycles. The van der Waals surface area contributed by atoms with Crippen LogP contribution in [-0.2, 0) is 0 Å². The Morgan fingerprint density at radius 3 is 2.50 bits per heavy atom. The van der Waals surface area contributed by atoms with Crippen LogP contribution in [0.5, 0.6) is 5.75 Å². The van der Waals surface area contributed by atoms with Crippen LogP contribution in [0.2, 0.25) is 5.02 Å². The number of hydrogen-bond donors (Lipinski definition) is 1. The molecule has 14 heavy (non-hydrogen) atoms. The third kappa shape index (κ3) is 2.20. The molecule has 76 valence electrons. The third-order valence-corrected chi connectivity index (χ3v) is 2.87. The van der Waals surface area contributed by atoms with Gasteiger partial charge >= 0.3 is 0 Å². The molecule has 0 bridgehead atoms. The van der Waals surface area contributed by atoms with Gasteiger partial charge < -0.3 is 10.1 Å². The van der Waals surface area contributed by atoms with Crippen molar-refractivity contribution >= 4 is 11.6 Å². The largest absolute Gasteiger partial charge is 0.490 e. The van der Waals surface area contributed by atoms with E-state index in [1.54, 1.807) is 0 Å². The highest BCUT2D eigenvalue weighted by molar-refractivity contribution is 6.30. The van der Waals surface area contributed by atoms with Crippen LogP contribution in [0.15, 0.2) is 24.3 Å². The first-order valence-corrected chi connectivity index (χ1v) is 5.25. The van der Waals surface area contributed by atoms with Gasteiger partial charge in [0.05, 0.1) is 0 Å². The maximum Gasteiger partial charge on any atom is 0.119 e. The Hall–Kier alpha value is -0.730. The fourth-order valence-electron chi connectivity index (χ4n) is 1.60. The lowest BCUT2D eigenvalue weighted by Crippen LogP contribution is -2.45. The number of rotatable bonds is 3. The summed E-state index contributed by atoms with van der Waals surface area (Å²) in [5.74, 6) is 0.911. The number of ether oxygens (including phenoxy) is 1. The van der Waals surface area contributed by atoms with Crippen LogP contribution in [0, 0.1) is 0 Å². The van der Waals surface area contributed by atoms with Gasteiger partial charge in [0.25, 0.3) is 0 Å². The molecule has 2 rings (SSSR count). The molecule has 1 N–H and O–H groups in total. The second kappa shape index (κ2) is 4.20. The summed E-state index contributed by atoms with van der Waals surface area (Å²) in [5.41, 5.74) is 0. The van der Waals surface area contributed by atoms with E-state index >= 15 is 0 Å². The molecule has 2 nitrogen and oxygen atoms in total. The Balaban J connectivity index is 1.84. The molecule has 0 unspecified atom stereocenters. The summed E-state index contributed by atoms with van der Waals surface area (Å²) < 4.78 is 5.74. The second-order valence-corrected chi connectivity index (χ2v) is 4.09. The molecule has 0 aliphatic heterocycles. The SMILES string of the molecule is CNC1CC(Oc2ccc(Cl)cc2)C1. The molecule has 0 radical (unpaired) electrons. The highest BCUT2D eigenvalue weighted by Crippen LogP contribution is 2.26. The summed E-state index contributed by atoms with van der Waals surface area (Å²) in [6.07, 6.45) is 2.56. The van der Waals surface area contributed by atoms with Crippen LogP contribution in [0.25, 0.3) is 0 Å². The minimum absolute atomic E-state index is 0.369. The van der Waals surface area contributed by atoms with Crippen LogP contribution in [0.4, 0.5) is 0 Å². The van der Waals surface area contributed by atoms with Gasteiger partial charge in [-0.1, -0.05) is 11.6 Å². The molecular weight excluding hydrogens is 198 g/mol. The lowest BCUT2D eigenvalue weighted by atomic mass is 9.89. The van der Waals surface area contributed by atoms with E-state index in [1.807, 2.05) is 31.3 Å². The third-order valence-electron chi connectivity index (χ3n) is 2.62. The van der Waals surface area contributed by atoms with Crippen LogP contribution in [0.1, 0.15) is 12.8 Å². The average molecular weight is 212 g/mol. The van der Waals surface area contributed by atoms with E-state index in [4.69, 9.17) is 16.3 Å². The summed E-state index contributed by atoms with van der Waals surface area (Å²) in [6, 6.07) is 8.16. The summed E-state index contributed by atoms with van der Waals surface area (Å²) in [6.45, 7) is 0. The highest BCUT2D eigenvalue weighted by Gasteiger charge is 2.29. The number of hydrogen-bond acceptors (Lipinski definition) is 2. The minimum Gasteiger partial charge on any atom is -0.490 e. The van der Waals surface area contributed by atoms with E-state index in [1.165, 1.54) is 0 Å². The maximum atomic E-state index is 5.78. The predicted molar refractivity (Wildman–Crippen MR) is 57.9 cm³/mol. The van der Waals surface area contributed by atoms with E-state index in [9.17, 15) is 0 Å². The van der Waals surface area contributed by atoms with E-state index in [0.717, 1.165) is 23.6 Å². The van der Waals surface area contributed by atoms with Crippen molar-refractivity contribution in [3.05, 3.63) is 29.3 Å². The summed E-state index contributed by atoms with van der Waals surface area (Å²) in [7, 11) is 1.99. The molecule has 1 aromatic carbocycles. The number of halogens is 1. The van der Waals surface area contributed by atoms with Crippen LogP contribution in [0.3, 0.4) is 0 Å². The Labute approximate surface area is 89.2 Å². The maximum absolute atomic E-state index is 5.78. The fraction of sp³-hybridized carbons (Fsp3) is 0.455. The average Bonchev–Trinajstić information content (AvgIpc) is 2.13. The van der Waals surface area contributed by atoms with Crippen LogP contribution < -0.4 is 10.1 Å². The van der Waals surface area contributed by atoms with Crippen molar-refractivity contribution in [3.63, 3.8) is 0 Å². The van der Waals surface area contributed by atoms with Crippen molar-refractivity contribution < 1.29 is 4.74 Å². The Bertz CT molecular complexity index is 293. The molecular formula is C11H14ClNO. The van der Waals surface area contributed by atoms with Gasteiger partial charge in [-0.05, 0) is 44.2 Å². The molecule has 0 spiro atoms. The smallest absolute Gasteiger partial charge is 0.119 e. The first-order chi connectivity index (χ1) is 6.78. The zero-order valence-electron chi connectivity index (χ0n) is 8.16. The summed E-state index contributed by atoms with van der Waals surface area (Å²) in [5, 5.41) is 3.97. The zero-order valence-corrected chi connectivity index (χ0v) is 8.92. The molecule has 1 aliphatic carbocycles. The highest BCUT2D eigenvalue weighted by atomic mass is 35.5. The van der Waals surface area contributed by atoms with Gasteiger partial charge in [-0.15, -0.1) is 0 Å². The first kappa shape index (κ1) is 9.81. The van der Waals surface area contributed by atoms with E-state index in [0.29, 0.717) is 12.1 Å². The number of benzene rings is 1. The molecule has 0 atom stereocenters. The Kier molecular flexibility index (Phi) is 2.94. The Morgan fingerprint density at radius 2 is 1.93 bits per heavy atom. The van der Waals surface area contributed by atoms with Crippen molar-refractivity contribution in [1.82, 2.24) is 5.32 Å². The molecule has 0 aromatic heterocycles. The van der Waals surface area contributed by atoms with Crippen molar-refractivity contribution in [1.29, 1.82) is 0 Å². The van der Waals surface area contributed by atoms with Crippen molar-refractivity contribution in [2.45, 2.75) is 25.0 Å². The number of nitrogens with one attached hydrogen (secondary N) is 1. The predicted octanol–water partition coefficient (Wildman–Crippen LogP) is 2.47. The lowest BCUT2D eigenvalue weighted by molar-refractivity contribution is 0.0885. The van der Waals surface area contributed by atoms with Crippen molar-refractivity contribution in [2.75, 3.05) is 7.05 Å². The molecule has 1 aromatic rings. The van der Waals surface area contributed by atoms with Crippen molar-refractivity contribution in [2.24, 2.45) is 0 Å². The van der Waals surface area contributed by atoms with Gasteiger partial charge in [-0.2, -0.15) is 0 Å². The Morgan fingerprint density at radius 1 is 1.29 bits per heavy atom. The monoisotopic (exact) mass is 211 g/mol. The van der Waals surface area contributed by atoms with Crippen LogP contribution in [-0.4, -0.2) is 19.2 Å². The lowest BCUT2D eigenvalue weighted by Gasteiger charge is -2.35. The van der Waals surface area contributed by atoms with E-state index in [-0.39, 0.29) is 0 Å². The molecule has 1 aliphatic rings. The standard InChI is InChI=1S/C11H14ClNO/c1-13-9-6-11(7-9)14-10-4-2-8(12)3-5-10/h2-5,9,11,13H,6-7H2,1H3. The summed E-state index contributed by atoms with van der Waals surface area (Å²) in [4.78, 5) is 0. The fourth-order valence-corrected chi connectivity index (χ4v) is 1.73. The van der Waals surface area contributed by atoms with E-state index < -0.39 is 0 Å². The second-order valence-electron chi connectivity index (χ2n) is 3.65. The van der Waals surface area contributed by atoms with Crippen molar-refractivity contribution in [3.8, 4) is 5.75 Å². The zero-order chi connectivity index (χ0) is 9.97. The quantitative estimate of drug-likeness (QED) is 0.830.